The van der Waals surface area contributed by atoms with Gasteiger partial charge in [0.25, 0.3) is 0 Å². The first-order valence-corrected chi connectivity index (χ1v) is 11.5. The lowest BCUT2D eigenvalue weighted by Gasteiger charge is -2.49. The number of nitrogens with one attached hydrogen (secondary N) is 1. The Morgan fingerprint density at radius 3 is 2.43 bits per heavy atom. The first-order chi connectivity index (χ1) is 16.8. The van der Waals surface area contributed by atoms with Crippen molar-refractivity contribution in [3.05, 3.63) is 83.9 Å². The van der Waals surface area contributed by atoms with Gasteiger partial charge in [0.1, 0.15) is 5.75 Å². The SMILES string of the molecule is COc1ccc(NC(=O)[C@@H]2Cc3cc(C(F)(F)F)ccc3N3CCN(c4ccccc4)C[C@H]23)cc1. The van der Waals surface area contributed by atoms with Crippen LogP contribution in [-0.4, -0.2) is 38.7 Å². The van der Waals surface area contributed by atoms with E-state index in [0.29, 0.717) is 36.6 Å². The van der Waals surface area contributed by atoms with Gasteiger partial charge in [-0.3, -0.25) is 4.79 Å². The molecule has 0 saturated carbocycles. The highest BCUT2D eigenvalue weighted by Gasteiger charge is 2.42. The molecule has 0 radical (unpaired) electrons. The molecular weight excluding hydrogens is 455 g/mol. The molecule has 5 nitrogen and oxygen atoms in total. The first kappa shape index (κ1) is 23.1. The van der Waals surface area contributed by atoms with Gasteiger partial charge in [0.2, 0.25) is 5.91 Å². The summed E-state index contributed by atoms with van der Waals surface area (Å²) in [5.74, 6) is -0.0473. The van der Waals surface area contributed by atoms with E-state index in [4.69, 9.17) is 4.74 Å². The van der Waals surface area contributed by atoms with Gasteiger partial charge in [0.15, 0.2) is 0 Å². The highest BCUT2D eigenvalue weighted by molar-refractivity contribution is 5.94. The van der Waals surface area contributed by atoms with Crippen molar-refractivity contribution in [1.29, 1.82) is 0 Å². The summed E-state index contributed by atoms with van der Waals surface area (Å²) in [7, 11) is 1.57. The van der Waals surface area contributed by atoms with Crippen LogP contribution in [0, 0.1) is 5.92 Å². The lowest BCUT2D eigenvalue weighted by Crippen LogP contribution is -2.60. The van der Waals surface area contributed by atoms with Gasteiger partial charge in [-0.2, -0.15) is 13.2 Å². The summed E-state index contributed by atoms with van der Waals surface area (Å²) >= 11 is 0. The maximum atomic E-state index is 13.5. The summed E-state index contributed by atoms with van der Waals surface area (Å²) in [6.45, 7) is 1.93. The van der Waals surface area contributed by atoms with E-state index in [2.05, 4.69) is 15.1 Å². The lowest BCUT2D eigenvalue weighted by molar-refractivity contribution is -0.137. The molecule has 1 N–H and O–H groups in total. The minimum atomic E-state index is -4.43. The number of fused-ring (bicyclic) bond motifs is 3. The number of carbonyl (C=O) groups is 1. The van der Waals surface area contributed by atoms with Crippen molar-refractivity contribution in [1.82, 2.24) is 0 Å². The molecule has 2 aliphatic rings. The number of ether oxygens (including phenoxy) is 1. The van der Waals surface area contributed by atoms with Crippen LogP contribution in [0.15, 0.2) is 72.8 Å². The zero-order chi connectivity index (χ0) is 24.6. The van der Waals surface area contributed by atoms with Crippen LogP contribution >= 0.6 is 0 Å². The average molecular weight is 482 g/mol. The molecule has 0 aliphatic carbocycles. The van der Waals surface area contributed by atoms with Crippen molar-refractivity contribution in [3.63, 3.8) is 0 Å². The van der Waals surface area contributed by atoms with E-state index in [-0.39, 0.29) is 18.4 Å². The standard InChI is InChI=1S/C27H26F3N3O2/c1-35-22-10-8-20(9-11-22)31-26(34)23-16-18-15-19(27(28,29)30)7-12-24(18)33-14-13-32(17-25(23)33)21-5-3-2-4-6-21/h2-12,15,23,25H,13-14,16-17H2,1H3,(H,31,34)/t23-,25-/m1/s1. The molecule has 2 atom stereocenters. The van der Waals surface area contributed by atoms with E-state index in [1.54, 1.807) is 37.4 Å². The minimum Gasteiger partial charge on any atom is -0.497 e. The quantitative estimate of drug-likeness (QED) is 0.555. The largest absolute Gasteiger partial charge is 0.497 e. The summed E-state index contributed by atoms with van der Waals surface area (Å²) in [5, 5.41) is 2.96. The van der Waals surface area contributed by atoms with Gasteiger partial charge in [-0.1, -0.05) is 18.2 Å². The van der Waals surface area contributed by atoms with Crippen molar-refractivity contribution in [3.8, 4) is 5.75 Å². The molecule has 35 heavy (non-hydrogen) atoms. The number of carbonyl (C=O) groups excluding carboxylic acids is 1. The Labute approximate surface area is 202 Å². The molecule has 2 heterocycles. The summed E-state index contributed by atoms with van der Waals surface area (Å²) < 4.78 is 45.5. The third kappa shape index (κ3) is 4.65. The molecule has 1 fully saturated rings. The molecule has 5 rings (SSSR count). The van der Waals surface area contributed by atoms with Crippen molar-refractivity contribution < 1.29 is 22.7 Å². The predicted octanol–water partition coefficient (Wildman–Crippen LogP) is 5.22. The van der Waals surface area contributed by atoms with Gasteiger partial charge in [0.05, 0.1) is 24.6 Å². The van der Waals surface area contributed by atoms with Crippen LogP contribution in [0.2, 0.25) is 0 Å². The van der Waals surface area contributed by atoms with E-state index in [9.17, 15) is 18.0 Å². The number of hydrogen-bond donors (Lipinski definition) is 1. The van der Waals surface area contributed by atoms with Crippen LogP contribution in [-0.2, 0) is 17.4 Å². The molecule has 182 valence electrons. The summed E-state index contributed by atoms with van der Waals surface area (Å²) in [6, 6.07) is 20.7. The molecule has 8 heteroatoms. The minimum absolute atomic E-state index is 0.175. The van der Waals surface area contributed by atoms with Crippen LogP contribution in [0.4, 0.5) is 30.2 Å². The third-order valence-electron chi connectivity index (χ3n) is 6.85. The Kier molecular flexibility index (Phi) is 6.05. The summed E-state index contributed by atoms with van der Waals surface area (Å²) in [5.41, 5.74) is 2.34. The normalized spacial score (nSPS) is 19.5. The molecule has 0 aromatic heterocycles. The maximum Gasteiger partial charge on any atom is 0.416 e. The number of anilines is 3. The highest BCUT2D eigenvalue weighted by atomic mass is 19.4. The van der Waals surface area contributed by atoms with Crippen LogP contribution in [0.5, 0.6) is 5.75 Å². The van der Waals surface area contributed by atoms with Gasteiger partial charge in [0, 0.05) is 36.7 Å². The summed E-state index contributed by atoms with van der Waals surface area (Å²) in [6.07, 6.45) is -4.19. The maximum absolute atomic E-state index is 13.5. The molecular formula is C27H26F3N3O2. The number of methoxy groups -OCH3 is 1. The molecule has 2 aliphatic heterocycles. The fraction of sp³-hybridized carbons (Fsp3) is 0.296. The Morgan fingerprint density at radius 2 is 1.74 bits per heavy atom. The molecule has 3 aromatic carbocycles. The Bertz CT molecular complexity index is 1200. The van der Waals surface area contributed by atoms with Gasteiger partial charge < -0.3 is 19.9 Å². The number of piperazine rings is 1. The van der Waals surface area contributed by atoms with Crippen LogP contribution in [0.3, 0.4) is 0 Å². The average Bonchev–Trinajstić information content (AvgIpc) is 2.88. The van der Waals surface area contributed by atoms with Crippen molar-refractivity contribution >= 4 is 23.0 Å². The van der Waals surface area contributed by atoms with Gasteiger partial charge in [-0.25, -0.2) is 0 Å². The number of para-hydroxylation sites is 1. The second-order valence-corrected chi connectivity index (χ2v) is 8.91. The Hall–Kier alpha value is -3.68. The van der Waals surface area contributed by atoms with Crippen molar-refractivity contribution in [2.24, 2.45) is 5.92 Å². The van der Waals surface area contributed by atoms with Crippen molar-refractivity contribution in [2.75, 3.05) is 41.9 Å². The highest BCUT2D eigenvalue weighted by Crippen LogP contribution is 2.40. The predicted molar refractivity (Wildman–Crippen MR) is 130 cm³/mol. The monoisotopic (exact) mass is 481 g/mol. The zero-order valence-corrected chi connectivity index (χ0v) is 19.3. The van der Waals surface area contributed by atoms with Crippen molar-refractivity contribution in [2.45, 2.75) is 18.6 Å². The van der Waals surface area contributed by atoms with Crippen LogP contribution in [0.25, 0.3) is 0 Å². The first-order valence-electron chi connectivity index (χ1n) is 11.5. The molecule has 3 aromatic rings. The van der Waals surface area contributed by atoms with Crippen LogP contribution < -0.4 is 19.9 Å². The van der Waals surface area contributed by atoms with Crippen LogP contribution in [0.1, 0.15) is 11.1 Å². The molecule has 0 spiro atoms. The van der Waals surface area contributed by atoms with Gasteiger partial charge in [-0.15, -0.1) is 0 Å². The topological polar surface area (TPSA) is 44.8 Å². The number of nitrogens with zero attached hydrogens (tertiary/aromatic N) is 2. The fourth-order valence-electron chi connectivity index (χ4n) is 5.08. The molecule has 1 amide bonds. The van der Waals surface area contributed by atoms with E-state index in [1.807, 2.05) is 30.3 Å². The number of halogens is 3. The van der Waals surface area contributed by atoms with E-state index in [0.717, 1.165) is 17.4 Å². The molecule has 1 saturated heterocycles. The van der Waals surface area contributed by atoms with E-state index >= 15 is 0 Å². The number of benzene rings is 3. The number of amides is 1. The zero-order valence-electron chi connectivity index (χ0n) is 19.3. The van der Waals surface area contributed by atoms with E-state index < -0.39 is 17.7 Å². The Morgan fingerprint density at radius 1 is 1.00 bits per heavy atom. The smallest absolute Gasteiger partial charge is 0.416 e. The fourth-order valence-corrected chi connectivity index (χ4v) is 5.08. The number of hydrogen-bond acceptors (Lipinski definition) is 4. The molecule has 0 bridgehead atoms. The third-order valence-corrected chi connectivity index (χ3v) is 6.85. The summed E-state index contributed by atoms with van der Waals surface area (Å²) in [4.78, 5) is 17.8. The van der Waals surface area contributed by atoms with E-state index in [1.165, 1.54) is 6.07 Å². The Balaban J connectivity index is 1.47. The molecule has 0 unspecified atom stereocenters. The second-order valence-electron chi connectivity index (χ2n) is 8.91. The number of alkyl halides is 3. The van der Waals surface area contributed by atoms with Gasteiger partial charge in [-0.05, 0) is 66.6 Å². The number of rotatable bonds is 4. The second kappa shape index (κ2) is 9.17. The lowest BCUT2D eigenvalue weighted by atomic mass is 9.82. The van der Waals surface area contributed by atoms with Gasteiger partial charge >= 0.3 is 6.18 Å².